The smallest absolute Gasteiger partial charge is 0.227 e. The van der Waals surface area contributed by atoms with Crippen LogP contribution in [0.4, 0.5) is 17.1 Å². The van der Waals surface area contributed by atoms with Gasteiger partial charge in [0.1, 0.15) is 0 Å². The van der Waals surface area contributed by atoms with Gasteiger partial charge in [0.25, 0.3) is 0 Å². The lowest BCUT2D eigenvalue weighted by Gasteiger charge is -2.26. The molecule has 0 heterocycles. The zero-order chi connectivity index (χ0) is 17.6. The van der Waals surface area contributed by atoms with E-state index in [0.717, 1.165) is 11.4 Å². The van der Waals surface area contributed by atoms with E-state index in [2.05, 4.69) is 5.32 Å². The number of hydrogen-bond donors (Lipinski definition) is 3. The van der Waals surface area contributed by atoms with Crippen molar-refractivity contribution in [2.24, 2.45) is 11.1 Å². The maximum Gasteiger partial charge on any atom is 0.227 e. The number of amides is 2. The Balaban J connectivity index is 2.84. The minimum absolute atomic E-state index is 0.0632. The van der Waals surface area contributed by atoms with E-state index in [0.29, 0.717) is 25.2 Å². The number of nitrogens with zero attached hydrogens (tertiary/aromatic N) is 1. The summed E-state index contributed by atoms with van der Waals surface area (Å²) < 4.78 is 0. The molecule has 6 heteroatoms. The van der Waals surface area contributed by atoms with Crippen molar-refractivity contribution in [3.63, 3.8) is 0 Å². The Morgan fingerprint density at radius 2 is 1.91 bits per heavy atom. The van der Waals surface area contributed by atoms with Crippen molar-refractivity contribution in [2.45, 2.75) is 40.5 Å². The Morgan fingerprint density at radius 1 is 1.26 bits per heavy atom. The van der Waals surface area contributed by atoms with E-state index in [4.69, 9.17) is 11.5 Å². The summed E-state index contributed by atoms with van der Waals surface area (Å²) in [5.41, 5.74) is 13.1. The number of carbonyl (C=O) groups excluding carboxylic acids is 2. The fraction of sp³-hybridized carbons (Fsp3) is 0.529. The minimum Gasteiger partial charge on any atom is -0.397 e. The van der Waals surface area contributed by atoms with Crippen LogP contribution < -0.4 is 21.7 Å². The minimum atomic E-state index is -0.363. The van der Waals surface area contributed by atoms with Crippen LogP contribution in [0, 0.1) is 5.41 Å². The lowest BCUT2D eigenvalue weighted by molar-refractivity contribution is -0.120. The summed E-state index contributed by atoms with van der Waals surface area (Å²) in [5.74, 6) is -0.286. The number of primary amides is 1. The lowest BCUT2D eigenvalue weighted by Crippen LogP contribution is -2.33. The van der Waals surface area contributed by atoms with Crippen LogP contribution in [-0.2, 0) is 9.59 Å². The predicted octanol–water partition coefficient (Wildman–Crippen LogP) is 2.35. The molecule has 0 unspecified atom stereocenters. The normalized spacial score (nSPS) is 11.1. The molecular weight excluding hydrogens is 292 g/mol. The highest BCUT2D eigenvalue weighted by Gasteiger charge is 2.21. The van der Waals surface area contributed by atoms with Gasteiger partial charge in [-0.05, 0) is 30.5 Å². The third-order valence-corrected chi connectivity index (χ3v) is 3.33. The largest absolute Gasteiger partial charge is 0.397 e. The Morgan fingerprint density at radius 3 is 2.39 bits per heavy atom. The first-order valence-corrected chi connectivity index (χ1v) is 7.86. The van der Waals surface area contributed by atoms with Crippen LogP contribution in [0.2, 0.25) is 0 Å². The van der Waals surface area contributed by atoms with Gasteiger partial charge in [0.2, 0.25) is 11.8 Å². The molecule has 0 saturated carbocycles. The third kappa shape index (κ3) is 6.18. The molecule has 0 atom stereocenters. The fourth-order valence-corrected chi connectivity index (χ4v) is 2.25. The Bertz CT molecular complexity index is 564. The van der Waals surface area contributed by atoms with Crippen LogP contribution in [0.15, 0.2) is 18.2 Å². The van der Waals surface area contributed by atoms with Crippen LogP contribution in [0.1, 0.15) is 40.5 Å². The molecule has 1 aromatic carbocycles. The Hall–Kier alpha value is -2.24. The van der Waals surface area contributed by atoms with Crippen LogP contribution in [-0.4, -0.2) is 24.9 Å². The summed E-state index contributed by atoms with van der Waals surface area (Å²) >= 11 is 0. The number of rotatable bonds is 7. The van der Waals surface area contributed by atoms with Gasteiger partial charge in [-0.1, -0.05) is 20.8 Å². The van der Waals surface area contributed by atoms with Gasteiger partial charge >= 0.3 is 0 Å². The first kappa shape index (κ1) is 18.8. The van der Waals surface area contributed by atoms with Gasteiger partial charge in [0.15, 0.2) is 0 Å². The number of hydrogen-bond acceptors (Lipinski definition) is 4. The molecular formula is C17H28N4O2. The molecule has 0 bridgehead atoms. The van der Waals surface area contributed by atoms with E-state index >= 15 is 0 Å². The van der Waals surface area contributed by atoms with Gasteiger partial charge in [-0.25, -0.2) is 0 Å². The molecule has 0 aromatic heterocycles. The molecule has 0 aliphatic carbocycles. The van der Waals surface area contributed by atoms with Crippen molar-refractivity contribution in [1.82, 2.24) is 0 Å². The molecule has 0 fully saturated rings. The number of nitrogens with one attached hydrogen (secondary N) is 1. The number of benzene rings is 1. The third-order valence-electron chi connectivity index (χ3n) is 3.33. The number of nitrogen functional groups attached to an aromatic ring is 1. The van der Waals surface area contributed by atoms with Crippen LogP contribution >= 0.6 is 0 Å². The Kier molecular flexibility index (Phi) is 6.42. The maximum absolute atomic E-state index is 12.5. The second-order valence-electron chi connectivity index (χ2n) is 6.79. The van der Waals surface area contributed by atoms with Crippen LogP contribution in [0.3, 0.4) is 0 Å². The number of nitrogens with two attached hydrogens (primary N) is 2. The first-order valence-electron chi connectivity index (χ1n) is 7.86. The molecule has 1 aromatic rings. The van der Waals surface area contributed by atoms with Crippen LogP contribution in [0.25, 0.3) is 0 Å². The summed E-state index contributed by atoms with van der Waals surface area (Å²) in [4.78, 5) is 24.9. The predicted molar refractivity (Wildman–Crippen MR) is 95.3 cm³/mol. The summed E-state index contributed by atoms with van der Waals surface area (Å²) in [7, 11) is 0. The monoisotopic (exact) mass is 320 g/mol. The molecule has 0 radical (unpaired) electrons. The average molecular weight is 320 g/mol. The van der Waals surface area contributed by atoms with E-state index in [1.807, 2.05) is 39.8 Å². The van der Waals surface area contributed by atoms with Gasteiger partial charge in [-0.15, -0.1) is 0 Å². The van der Waals surface area contributed by atoms with E-state index < -0.39 is 0 Å². The second-order valence-corrected chi connectivity index (χ2v) is 6.79. The summed E-state index contributed by atoms with van der Waals surface area (Å²) in [6, 6.07) is 5.45. The second kappa shape index (κ2) is 7.85. The van der Waals surface area contributed by atoms with E-state index in [9.17, 15) is 9.59 Å². The van der Waals surface area contributed by atoms with E-state index in [1.54, 1.807) is 11.0 Å². The highest BCUT2D eigenvalue weighted by atomic mass is 16.2. The number of carbonyl (C=O) groups is 2. The topological polar surface area (TPSA) is 101 Å². The lowest BCUT2D eigenvalue weighted by atomic mass is 9.91. The molecule has 128 valence electrons. The van der Waals surface area contributed by atoms with Crippen molar-refractivity contribution in [3.8, 4) is 0 Å². The Labute approximate surface area is 138 Å². The molecule has 0 aliphatic rings. The van der Waals surface area contributed by atoms with Crippen molar-refractivity contribution in [2.75, 3.05) is 29.0 Å². The number of anilines is 3. The van der Waals surface area contributed by atoms with Gasteiger partial charge < -0.3 is 21.7 Å². The quantitative estimate of drug-likeness (QED) is 0.671. The highest BCUT2D eigenvalue weighted by molar-refractivity contribution is 5.94. The van der Waals surface area contributed by atoms with Crippen molar-refractivity contribution < 1.29 is 9.59 Å². The maximum atomic E-state index is 12.5. The SMILES string of the molecule is CCN(C(=O)CC(C)(C)C)c1ccc(NCCC(N)=O)c(N)c1. The molecule has 0 saturated heterocycles. The fourth-order valence-electron chi connectivity index (χ4n) is 2.25. The van der Waals surface area contributed by atoms with Crippen LogP contribution in [0.5, 0.6) is 0 Å². The molecule has 0 spiro atoms. The van der Waals surface area contributed by atoms with Gasteiger partial charge in [0.05, 0.1) is 11.4 Å². The van der Waals surface area contributed by atoms with Crippen molar-refractivity contribution in [3.05, 3.63) is 18.2 Å². The molecule has 2 amide bonds. The van der Waals surface area contributed by atoms with Gasteiger partial charge in [0, 0.05) is 31.6 Å². The molecule has 6 nitrogen and oxygen atoms in total. The van der Waals surface area contributed by atoms with Crippen molar-refractivity contribution >= 4 is 28.9 Å². The molecule has 23 heavy (non-hydrogen) atoms. The average Bonchev–Trinajstić information content (AvgIpc) is 2.39. The zero-order valence-electron chi connectivity index (χ0n) is 14.5. The zero-order valence-corrected chi connectivity index (χ0v) is 14.5. The highest BCUT2D eigenvalue weighted by Crippen LogP contribution is 2.28. The van der Waals surface area contributed by atoms with Gasteiger partial charge in [-0.2, -0.15) is 0 Å². The van der Waals surface area contributed by atoms with Gasteiger partial charge in [-0.3, -0.25) is 9.59 Å². The summed E-state index contributed by atoms with van der Waals surface area (Å²) in [6.07, 6.45) is 0.714. The first-order chi connectivity index (χ1) is 10.6. The molecule has 0 aliphatic heterocycles. The molecule has 1 rings (SSSR count). The van der Waals surface area contributed by atoms with E-state index in [-0.39, 0.29) is 23.7 Å². The van der Waals surface area contributed by atoms with E-state index in [1.165, 1.54) is 0 Å². The molecule has 5 N–H and O–H groups in total. The standard InChI is InChI=1S/C17H28N4O2/c1-5-21(16(23)11-17(2,3)4)12-6-7-14(13(18)10-12)20-9-8-15(19)22/h6-7,10,20H,5,8-9,11,18H2,1-4H3,(H2,19,22). The summed E-state index contributed by atoms with van der Waals surface area (Å²) in [5, 5.41) is 3.07. The van der Waals surface area contributed by atoms with Crippen molar-refractivity contribution in [1.29, 1.82) is 0 Å². The summed E-state index contributed by atoms with van der Waals surface area (Å²) in [6.45, 7) is 9.08.